The number of hydrogen-bond donors (Lipinski definition) is 0. The fourth-order valence-electron chi connectivity index (χ4n) is 1.18. The third-order valence-electron chi connectivity index (χ3n) is 1.85. The molecular weight excluding hydrogens is 221 g/mol. The van der Waals surface area contributed by atoms with Gasteiger partial charge in [-0.3, -0.25) is 4.98 Å². The van der Waals surface area contributed by atoms with Crippen LogP contribution in [0, 0.1) is 5.82 Å². The summed E-state index contributed by atoms with van der Waals surface area (Å²) in [6, 6.07) is 4.77. The van der Waals surface area contributed by atoms with E-state index >= 15 is 0 Å². The molecule has 72 valence electrons. The van der Waals surface area contributed by atoms with Crippen LogP contribution < -0.4 is 0 Å². The molecule has 4 heteroatoms. The molecule has 0 radical (unpaired) electrons. The smallest absolute Gasteiger partial charge is 0.141 e. The molecule has 0 atom stereocenters. The molecule has 1 aromatic carbocycles. The average Bonchev–Trinajstić information content (AvgIpc) is 2.64. The van der Waals surface area contributed by atoms with Crippen molar-refractivity contribution in [3.05, 3.63) is 51.2 Å². The highest BCUT2D eigenvalue weighted by Crippen LogP contribution is 2.19. The molecule has 0 bridgehead atoms. The summed E-state index contributed by atoms with van der Waals surface area (Å²) >= 11 is 7.25. The highest BCUT2D eigenvalue weighted by molar-refractivity contribution is 7.09. The van der Waals surface area contributed by atoms with E-state index in [1.54, 1.807) is 29.0 Å². The number of thiazole rings is 1. The summed E-state index contributed by atoms with van der Waals surface area (Å²) in [5.41, 5.74) is 2.78. The first-order valence-corrected chi connectivity index (χ1v) is 5.33. The van der Waals surface area contributed by atoms with Crippen molar-refractivity contribution in [2.45, 2.75) is 6.42 Å². The molecule has 0 aliphatic rings. The van der Waals surface area contributed by atoms with Crippen LogP contribution in [0.15, 0.2) is 29.9 Å². The molecule has 2 aromatic rings. The van der Waals surface area contributed by atoms with E-state index in [-0.39, 0.29) is 10.8 Å². The topological polar surface area (TPSA) is 12.9 Å². The van der Waals surface area contributed by atoms with E-state index in [1.807, 2.05) is 6.20 Å². The summed E-state index contributed by atoms with van der Waals surface area (Å²) in [7, 11) is 0. The van der Waals surface area contributed by atoms with Crippen LogP contribution in [0.5, 0.6) is 0 Å². The molecule has 0 saturated carbocycles. The van der Waals surface area contributed by atoms with Crippen LogP contribution in [0.1, 0.15) is 10.4 Å². The first kappa shape index (κ1) is 9.62. The molecule has 2 rings (SSSR count). The zero-order valence-electron chi connectivity index (χ0n) is 7.21. The van der Waals surface area contributed by atoms with Gasteiger partial charge in [-0.05, 0) is 17.7 Å². The Labute approximate surface area is 90.2 Å². The molecule has 1 aromatic heterocycles. The number of hydrogen-bond acceptors (Lipinski definition) is 2. The van der Waals surface area contributed by atoms with Crippen molar-refractivity contribution >= 4 is 22.9 Å². The van der Waals surface area contributed by atoms with Crippen LogP contribution in [0.3, 0.4) is 0 Å². The number of nitrogens with zero attached hydrogens (tertiary/aromatic N) is 1. The van der Waals surface area contributed by atoms with Crippen molar-refractivity contribution in [3.8, 4) is 0 Å². The van der Waals surface area contributed by atoms with Crippen LogP contribution in [0.4, 0.5) is 4.39 Å². The summed E-state index contributed by atoms with van der Waals surface area (Å²) < 4.78 is 12.8. The van der Waals surface area contributed by atoms with Crippen LogP contribution in [-0.2, 0) is 6.42 Å². The van der Waals surface area contributed by atoms with Gasteiger partial charge in [-0.25, -0.2) is 4.39 Å². The minimum absolute atomic E-state index is 0.173. The van der Waals surface area contributed by atoms with Crippen molar-refractivity contribution in [1.82, 2.24) is 4.98 Å². The third kappa shape index (κ3) is 2.11. The second kappa shape index (κ2) is 4.07. The first-order chi connectivity index (χ1) is 6.75. The summed E-state index contributed by atoms with van der Waals surface area (Å²) in [6.45, 7) is 0. The van der Waals surface area contributed by atoms with E-state index in [0.717, 1.165) is 16.9 Å². The van der Waals surface area contributed by atoms with Gasteiger partial charge in [0.2, 0.25) is 0 Å². The van der Waals surface area contributed by atoms with E-state index < -0.39 is 0 Å². The highest BCUT2D eigenvalue weighted by Gasteiger charge is 2.02. The monoisotopic (exact) mass is 227 g/mol. The van der Waals surface area contributed by atoms with Gasteiger partial charge in [-0.2, -0.15) is 0 Å². The summed E-state index contributed by atoms with van der Waals surface area (Å²) in [5.74, 6) is -0.375. The van der Waals surface area contributed by atoms with Crippen LogP contribution in [0.2, 0.25) is 5.02 Å². The Hall–Kier alpha value is -0.930. The Balaban J connectivity index is 2.22. The molecule has 0 aliphatic carbocycles. The fraction of sp³-hybridized carbons (Fsp3) is 0.100. The van der Waals surface area contributed by atoms with E-state index in [4.69, 9.17) is 11.6 Å². The molecule has 1 heterocycles. The van der Waals surface area contributed by atoms with Gasteiger partial charge in [0.15, 0.2) is 0 Å². The van der Waals surface area contributed by atoms with E-state index in [2.05, 4.69) is 4.98 Å². The van der Waals surface area contributed by atoms with E-state index in [0.29, 0.717) is 0 Å². The fourth-order valence-corrected chi connectivity index (χ4v) is 2.01. The Morgan fingerprint density at radius 2 is 2.29 bits per heavy atom. The zero-order chi connectivity index (χ0) is 9.97. The maximum Gasteiger partial charge on any atom is 0.141 e. The number of rotatable bonds is 2. The summed E-state index contributed by atoms with van der Waals surface area (Å²) in [5, 5.41) is 0.173. The molecule has 0 N–H and O–H groups in total. The predicted molar refractivity (Wildman–Crippen MR) is 56.3 cm³/mol. The second-order valence-corrected chi connectivity index (χ2v) is 4.27. The Bertz CT molecular complexity index is 428. The minimum atomic E-state index is -0.375. The van der Waals surface area contributed by atoms with E-state index in [1.165, 1.54) is 6.07 Å². The normalized spacial score (nSPS) is 10.4. The average molecular weight is 228 g/mol. The van der Waals surface area contributed by atoms with Gasteiger partial charge < -0.3 is 0 Å². The predicted octanol–water partition coefficient (Wildman–Crippen LogP) is 3.53. The maximum absolute atomic E-state index is 12.8. The van der Waals surface area contributed by atoms with Crippen molar-refractivity contribution in [2.24, 2.45) is 0 Å². The van der Waals surface area contributed by atoms with Gasteiger partial charge in [-0.1, -0.05) is 17.7 Å². The quantitative estimate of drug-likeness (QED) is 0.765. The largest absolute Gasteiger partial charge is 0.253 e. The lowest BCUT2D eigenvalue weighted by atomic mass is 10.1. The van der Waals surface area contributed by atoms with Crippen LogP contribution in [-0.4, -0.2) is 4.98 Å². The summed E-state index contributed by atoms with van der Waals surface area (Å²) in [4.78, 5) is 5.12. The highest BCUT2D eigenvalue weighted by atomic mass is 35.5. The molecule has 0 fully saturated rings. The van der Waals surface area contributed by atoms with Crippen LogP contribution >= 0.6 is 22.9 Å². The minimum Gasteiger partial charge on any atom is -0.253 e. The molecule has 14 heavy (non-hydrogen) atoms. The number of aromatic nitrogens is 1. The third-order valence-corrected chi connectivity index (χ3v) is 2.92. The Morgan fingerprint density at radius 1 is 1.43 bits per heavy atom. The van der Waals surface area contributed by atoms with Gasteiger partial charge in [0, 0.05) is 17.5 Å². The van der Waals surface area contributed by atoms with Crippen molar-refractivity contribution in [3.63, 3.8) is 0 Å². The van der Waals surface area contributed by atoms with Crippen molar-refractivity contribution < 1.29 is 4.39 Å². The van der Waals surface area contributed by atoms with Gasteiger partial charge >= 0.3 is 0 Å². The zero-order valence-corrected chi connectivity index (χ0v) is 8.78. The number of halogens is 2. The lowest BCUT2D eigenvalue weighted by Gasteiger charge is -1.99. The molecule has 0 spiro atoms. The van der Waals surface area contributed by atoms with Crippen LogP contribution in [0.25, 0.3) is 0 Å². The van der Waals surface area contributed by atoms with E-state index in [9.17, 15) is 4.39 Å². The summed E-state index contributed by atoms with van der Waals surface area (Å²) in [6.07, 6.45) is 2.56. The molecule has 0 amide bonds. The van der Waals surface area contributed by atoms with Gasteiger partial charge in [0.05, 0.1) is 10.5 Å². The standard InChI is InChI=1S/C10H7ClFNS/c11-9-4-7(1-2-10(9)12)3-8-5-13-6-14-8/h1-2,4-6H,3H2. The van der Waals surface area contributed by atoms with Gasteiger partial charge in [0.1, 0.15) is 5.82 Å². The maximum atomic E-state index is 12.8. The first-order valence-electron chi connectivity index (χ1n) is 4.07. The molecule has 1 nitrogen and oxygen atoms in total. The Kier molecular flexibility index (Phi) is 2.79. The van der Waals surface area contributed by atoms with Gasteiger partial charge in [-0.15, -0.1) is 11.3 Å². The SMILES string of the molecule is Fc1ccc(Cc2cncs2)cc1Cl. The van der Waals surface area contributed by atoms with Gasteiger partial charge in [0.25, 0.3) is 0 Å². The molecule has 0 aliphatic heterocycles. The lowest BCUT2D eigenvalue weighted by Crippen LogP contribution is -1.86. The number of benzene rings is 1. The second-order valence-electron chi connectivity index (χ2n) is 2.89. The van der Waals surface area contributed by atoms with Crippen molar-refractivity contribution in [1.29, 1.82) is 0 Å². The lowest BCUT2D eigenvalue weighted by molar-refractivity contribution is 0.627. The molecule has 0 saturated heterocycles. The Morgan fingerprint density at radius 3 is 2.93 bits per heavy atom. The molecule has 0 unspecified atom stereocenters. The van der Waals surface area contributed by atoms with Crippen molar-refractivity contribution in [2.75, 3.05) is 0 Å². The molecular formula is C10H7ClFNS.